The Morgan fingerprint density at radius 2 is 1.14 bits per heavy atom. The van der Waals surface area contributed by atoms with E-state index in [9.17, 15) is 0 Å². The first-order chi connectivity index (χ1) is 10.4. The van der Waals surface area contributed by atoms with E-state index in [0.717, 1.165) is 0 Å². The standard InChI is InChI=1S/C10H18N12/c11-7(12)19-21-9(15)17-5-2-1-3-6(4-5)18-10(16)22-20-8(13)14/h1-4H,(H4,11,12,19)(H4,13,14,20)(H3,15,17,21)(H3,16,18,22). The molecule has 0 heterocycles. The smallest absolute Gasteiger partial charge is 0.214 e. The number of hydrazone groups is 2. The molecule has 0 bridgehead atoms. The maximum Gasteiger partial charge on any atom is 0.214 e. The Morgan fingerprint density at radius 1 is 0.727 bits per heavy atom. The van der Waals surface area contributed by atoms with Crippen molar-refractivity contribution >= 4 is 35.2 Å². The number of hydrogen-bond donors (Lipinski definition) is 8. The van der Waals surface area contributed by atoms with Gasteiger partial charge in [-0.05, 0) is 18.2 Å². The van der Waals surface area contributed by atoms with E-state index < -0.39 is 0 Å². The minimum Gasteiger partial charge on any atom is -0.369 e. The van der Waals surface area contributed by atoms with E-state index >= 15 is 0 Å². The Hall–Kier alpha value is -3.70. The zero-order chi connectivity index (χ0) is 16.5. The molecule has 0 fully saturated rings. The lowest BCUT2D eigenvalue weighted by molar-refractivity contribution is 0.993. The van der Waals surface area contributed by atoms with Crippen LogP contribution >= 0.6 is 0 Å². The highest BCUT2D eigenvalue weighted by Gasteiger charge is 1.97. The number of benzene rings is 1. The van der Waals surface area contributed by atoms with Gasteiger partial charge >= 0.3 is 0 Å². The van der Waals surface area contributed by atoms with Gasteiger partial charge in [-0.1, -0.05) is 6.07 Å². The number of nitrogens with one attached hydrogen (secondary N) is 2. The molecule has 0 aliphatic carbocycles. The summed E-state index contributed by atoms with van der Waals surface area (Å²) in [6.45, 7) is 0. The number of nitrogens with two attached hydrogens (primary N) is 6. The van der Waals surface area contributed by atoms with E-state index in [1.54, 1.807) is 24.3 Å². The normalized spacial score (nSPS) is 11.5. The molecule has 0 saturated carbocycles. The minimum atomic E-state index is -0.171. The highest BCUT2D eigenvalue weighted by atomic mass is 15.4. The van der Waals surface area contributed by atoms with Crippen molar-refractivity contribution in [1.82, 2.24) is 10.9 Å². The average Bonchev–Trinajstić information content (AvgIpc) is 2.43. The van der Waals surface area contributed by atoms with Crippen LogP contribution in [0.4, 0.5) is 11.4 Å². The molecule has 0 atom stereocenters. The average molecular weight is 306 g/mol. The highest BCUT2D eigenvalue weighted by Crippen LogP contribution is 2.19. The fourth-order valence-corrected chi connectivity index (χ4v) is 1.20. The molecular weight excluding hydrogens is 288 g/mol. The number of aliphatic imine (C=N–C) groups is 2. The predicted molar refractivity (Wildman–Crippen MR) is 86.9 cm³/mol. The third-order valence-corrected chi connectivity index (χ3v) is 1.93. The molecule has 0 aliphatic heterocycles. The first kappa shape index (κ1) is 16.4. The Labute approximate surface area is 126 Å². The van der Waals surface area contributed by atoms with Crippen molar-refractivity contribution in [1.29, 1.82) is 0 Å². The highest BCUT2D eigenvalue weighted by molar-refractivity contribution is 5.85. The van der Waals surface area contributed by atoms with Gasteiger partial charge in [-0.25, -0.2) is 20.8 Å². The van der Waals surface area contributed by atoms with Crippen LogP contribution in [-0.4, -0.2) is 23.8 Å². The lowest BCUT2D eigenvalue weighted by Crippen LogP contribution is -2.33. The Balaban J connectivity index is 2.86. The third kappa shape index (κ3) is 6.46. The quantitative estimate of drug-likeness (QED) is 0.163. The number of nitrogens with zero attached hydrogens (tertiary/aromatic N) is 4. The van der Waals surface area contributed by atoms with E-state index in [-0.39, 0.29) is 23.8 Å². The van der Waals surface area contributed by atoms with Gasteiger partial charge in [-0.2, -0.15) is 0 Å². The Bertz CT molecular complexity index is 569. The molecule has 0 saturated heterocycles. The zero-order valence-electron chi connectivity index (χ0n) is 11.6. The second-order valence-corrected chi connectivity index (χ2v) is 3.81. The molecule has 118 valence electrons. The summed E-state index contributed by atoms with van der Waals surface area (Å²) in [4.78, 5) is 8.08. The molecule has 12 heteroatoms. The molecule has 0 unspecified atom stereocenters. The van der Waals surface area contributed by atoms with Gasteiger partial charge in [0.1, 0.15) is 0 Å². The van der Waals surface area contributed by atoms with Crippen molar-refractivity contribution in [2.45, 2.75) is 0 Å². The molecule has 14 N–H and O–H groups in total. The van der Waals surface area contributed by atoms with Gasteiger partial charge in [0.15, 0.2) is 0 Å². The molecule has 0 amide bonds. The fraction of sp³-hybridized carbons (Fsp3) is 0. The van der Waals surface area contributed by atoms with Gasteiger partial charge in [0.05, 0.1) is 11.4 Å². The lowest BCUT2D eigenvalue weighted by atomic mass is 10.3. The largest absolute Gasteiger partial charge is 0.369 e. The summed E-state index contributed by atoms with van der Waals surface area (Å²) in [6.07, 6.45) is 0. The second-order valence-electron chi connectivity index (χ2n) is 3.81. The monoisotopic (exact) mass is 306 g/mol. The van der Waals surface area contributed by atoms with Crippen molar-refractivity contribution in [3.05, 3.63) is 24.3 Å². The van der Waals surface area contributed by atoms with Crippen LogP contribution in [0.2, 0.25) is 0 Å². The fourth-order valence-electron chi connectivity index (χ4n) is 1.20. The first-order valence-corrected chi connectivity index (χ1v) is 5.84. The van der Waals surface area contributed by atoms with E-state index in [1.807, 2.05) is 0 Å². The van der Waals surface area contributed by atoms with Gasteiger partial charge in [0.25, 0.3) is 0 Å². The van der Waals surface area contributed by atoms with E-state index in [4.69, 9.17) is 34.4 Å². The first-order valence-electron chi connectivity index (χ1n) is 5.84. The molecule has 22 heavy (non-hydrogen) atoms. The predicted octanol–water partition coefficient (Wildman–Crippen LogP) is -2.86. The molecule has 1 aromatic rings. The van der Waals surface area contributed by atoms with Crippen LogP contribution in [0.3, 0.4) is 0 Å². The van der Waals surface area contributed by atoms with Crippen LogP contribution < -0.4 is 45.3 Å². The molecule has 0 aliphatic rings. The molecule has 0 radical (unpaired) electrons. The summed E-state index contributed by atoms with van der Waals surface area (Å²) in [7, 11) is 0. The summed E-state index contributed by atoms with van der Waals surface area (Å²) in [5.74, 6) is -0.340. The van der Waals surface area contributed by atoms with Crippen LogP contribution in [0.1, 0.15) is 0 Å². The topological polar surface area (TPSA) is 230 Å². The van der Waals surface area contributed by atoms with Crippen LogP contribution in [0.15, 0.2) is 44.5 Å². The van der Waals surface area contributed by atoms with Crippen LogP contribution in [0.25, 0.3) is 0 Å². The SMILES string of the molecule is NC(N)=NNC(N)=Nc1cccc(N=C(N)NN=C(N)N)c1. The lowest BCUT2D eigenvalue weighted by Gasteiger charge is -2.02. The van der Waals surface area contributed by atoms with Crippen molar-refractivity contribution < 1.29 is 0 Å². The maximum absolute atomic E-state index is 5.59. The van der Waals surface area contributed by atoms with Gasteiger partial charge in [0, 0.05) is 0 Å². The molecule has 1 rings (SSSR count). The van der Waals surface area contributed by atoms with E-state index in [1.165, 1.54) is 0 Å². The number of hydrogen-bond acceptors (Lipinski definition) is 4. The molecule has 0 aromatic heterocycles. The summed E-state index contributed by atoms with van der Waals surface area (Å²) >= 11 is 0. The summed E-state index contributed by atoms with van der Waals surface area (Å²) in [5.41, 5.74) is 37.5. The zero-order valence-corrected chi connectivity index (χ0v) is 11.6. The van der Waals surface area contributed by atoms with Gasteiger partial charge in [-0.15, -0.1) is 10.2 Å². The van der Waals surface area contributed by atoms with Gasteiger partial charge < -0.3 is 34.4 Å². The summed E-state index contributed by atoms with van der Waals surface area (Å²) < 4.78 is 0. The Kier molecular flexibility index (Phi) is 5.79. The van der Waals surface area contributed by atoms with E-state index in [0.29, 0.717) is 11.4 Å². The molecule has 12 nitrogen and oxygen atoms in total. The van der Waals surface area contributed by atoms with Crippen molar-refractivity contribution in [2.75, 3.05) is 0 Å². The molecule has 1 aromatic carbocycles. The molecule has 0 spiro atoms. The summed E-state index contributed by atoms with van der Waals surface area (Å²) in [5, 5.41) is 7.01. The summed E-state index contributed by atoms with van der Waals surface area (Å²) in [6, 6.07) is 6.72. The van der Waals surface area contributed by atoms with E-state index in [2.05, 4.69) is 31.0 Å². The van der Waals surface area contributed by atoms with Crippen molar-refractivity contribution in [2.24, 2.45) is 54.6 Å². The molecular formula is C10H18N12. The second kappa shape index (κ2) is 7.78. The van der Waals surface area contributed by atoms with Crippen LogP contribution in [0.5, 0.6) is 0 Å². The maximum atomic E-state index is 5.59. The van der Waals surface area contributed by atoms with Crippen molar-refractivity contribution in [3.63, 3.8) is 0 Å². The number of guanidine groups is 4. The Morgan fingerprint density at radius 3 is 1.50 bits per heavy atom. The number of rotatable bonds is 4. The van der Waals surface area contributed by atoms with Crippen molar-refractivity contribution in [3.8, 4) is 0 Å². The minimum absolute atomic E-state index is 0.00105. The third-order valence-electron chi connectivity index (χ3n) is 1.93. The van der Waals surface area contributed by atoms with Crippen LogP contribution in [-0.2, 0) is 0 Å². The van der Waals surface area contributed by atoms with Gasteiger partial charge in [-0.3, -0.25) is 0 Å². The van der Waals surface area contributed by atoms with Crippen LogP contribution in [0, 0.1) is 0 Å². The van der Waals surface area contributed by atoms with Gasteiger partial charge in [0.2, 0.25) is 23.8 Å².